The molecular formula is C15H22O. The minimum atomic E-state index is -1.13. The molecule has 0 aromatic carbocycles. The van der Waals surface area contributed by atoms with Gasteiger partial charge in [-0.25, -0.2) is 0 Å². The predicted molar refractivity (Wildman–Crippen MR) is 68.9 cm³/mol. The van der Waals surface area contributed by atoms with Crippen LogP contribution >= 0.6 is 0 Å². The van der Waals surface area contributed by atoms with Gasteiger partial charge in [-0.1, -0.05) is 31.4 Å². The lowest BCUT2D eigenvalue weighted by Gasteiger charge is -2.32. The summed E-state index contributed by atoms with van der Waals surface area (Å²) in [5.41, 5.74) is 1.89. The zero-order chi connectivity index (χ0) is 12.4. The molecule has 0 aromatic rings. The first kappa shape index (κ1) is 13.1. The Morgan fingerprint density at radius 2 is 2.12 bits per heavy atom. The molecule has 1 N–H and O–H groups in total. The van der Waals surface area contributed by atoms with Crippen LogP contribution in [-0.4, -0.2) is 10.7 Å². The van der Waals surface area contributed by atoms with Gasteiger partial charge in [0, 0.05) is 0 Å². The van der Waals surface area contributed by atoms with Crippen molar-refractivity contribution in [2.24, 2.45) is 5.41 Å². The van der Waals surface area contributed by atoms with Gasteiger partial charge in [-0.15, -0.1) is 6.42 Å². The zero-order valence-corrected chi connectivity index (χ0v) is 10.8. The van der Waals surface area contributed by atoms with Gasteiger partial charge in [0.1, 0.15) is 5.60 Å². The molecular weight excluding hydrogens is 196 g/mol. The van der Waals surface area contributed by atoms with Crippen LogP contribution in [-0.2, 0) is 0 Å². The highest BCUT2D eigenvalue weighted by molar-refractivity contribution is 5.33. The average Bonchev–Trinajstić information content (AvgIpc) is 2.20. The first-order valence-corrected chi connectivity index (χ1v) is 5.88. The van der Waals surface area contributed by atoms with Crippen LogP contribution < -0.4 is 0 Å². The summed E-state index contributed by atoms with van der Waals surface area (Å²) in [4.78, 5) is 0. The Morgan fingerprint density at radius 1 is 1.50 bits per heavy atom. The molecule has 0 radical (unpaired) electrons. The Labute approximate surface area is 99.3 Å². The summed E-state index contributed by atoms with van der Waals surface area (Å²) < 4.78 is 0. The van der Waals surface area contributed by atoms with E-state index in [1.54, 1.807) is 13.0 Å². The minimum Gasteiger partial charge on any atom is -0.374 e. The maximum absolute atomic E-state index is 9.72. The van der Waals surface area contributed by atoms with E-state index in [0.717, 1.165) is 6.42 Å². The smallest absolute Gasteiger partial charge is 0.141 e. The molecule has 1 heteroatoms. The summed E-state index contributed by atoms with van der Waals surface area (Å²) >= 11 is 0. The highest BCUT2D eigenvalue weighted by Gasteiger charge is 2.25. The van der Waals surface area contributed by atoms with E-state index in [0.29, 0.717) is 0 Å². The molecule has 16 heavy (non-hydrogen) atoms. The van der Waals surface area contributed by atoms with Crippen LogP contribution in [0.1, 0.15) is 47.0 Å². The van der Waals surface area contributed by atoms with E-state index in [-0.39, 0.29) is 5.41 Å². The Bertz CT molecular complexity index is 361. The van der Waals surface area contributed by atoms with Gasteiger partial charge in [0.05, 0.1) is 0 Å². The monoisotopic (exact) mass is 218 g/mol. The topological polar surface area (TPSA) is 20.2 Å². The summed E-state index contributed by atoms with van der Waals surface area (Å²) in [6.07, 6.45) is 12.5. The van der Waals surface area contributed by atoms with Crippen LogP contribution in [0.15, 0.2) is 23.3 Å². The Kier molecular flexibility index (Phi) is 3.65. The first-order chi connectivity index (χ1) is 7.28. The fourth-order valence-electron chi connectivity index (χ4n) is 2.05. The van der Waals surface area contributed by atoms with Crippen molar-refractivity contribution < 1.29 is 5.11 Å². The first-order valence-electron chi connectivity index (χ1n) is 5.88. The van der Waals surface area contributed by atoms with E-state index in [1.807, 2.05) is 6.08 Å². The third-order valence-electron chi connectivity index (χ3n) is 3.65. The van der Waals surface area contributed by atoms with Gasteiger partial charge in [0.2, 0.25) is 0 Å². The van der Waals surface area contributed by atoms with Crippen molar-refractivity contribution in [2.75, 3.05) is 0 Å². The minimum absolute atomic E-state index is 0.278. The summed E-state index contributed by atoms with van der Waals surface area (Å²) in [6.45, 7) is 8.36. The summed E-state index contributed by atoms with van der Waals surface area (Å²) in [5.74, 6) is 2.36. The second-order valence-electron chi connectivity index (χ2n) is 5.51. The number of hydrogen-bond donors (Lipinski definition) is 1. The van der Waals surface area contributed by atoms with Gasteiger partial charge < -0.3 is 5.11 Å². The molecule has 1 aliphatic carbocycles. The van der Waals surface area contributed by atoms with Crippen molar-refractivity contribution in [3.63, 3.8) is 0 Å². The van der Waals surface area contributed by atoms with E-state index >= 15 is 0 Å². The van der Waals surface area contributed by atoms with Gasteiger partial charge in [-0.2, -0.15) is 0 Å². The van der Waals surface area contributed by atoms with Crippen LogP contribution in [0.2, 0.25) is 0 Å². The van der Waals surface area contributed by atoms with Crippen LogP contribution in [0.25, 0.3) is 0 Å². The van der Waals surface area contributed by atoms with Crippen LogP contribution in [0.5, 0.6) is 0 Å². The van der Waals surface area contributed by atoms with Gasteiger partial charge in [0.15, 0.2) is 0 Å². The molecule has 1 aliphatic rings. The van der Waals surface area contributed by atoms with Crippen LogP contribution in [0.3, 0.4) is 0 Å². The van der Waals surface area contributed by atoms with E-state index in [9.17, 15) is 5.11 Å². The molecule has 0 heterocycles. The molecule has 1 unspecified atom stereocenters. The standard InChI is InChI=1S/C15H22O/c1-6-15(5,16)11-9-13-8-7-10-14(3,4)12(13)2/h1,9,11,16H,7-8,10H2,2-5H3. The van der Waals surface area contributed by atoms with E-state index < -0.39 is 5.60 Å². The largest absolute Gasteiger partial charge is 0.374 e. The normalized spacial score (nSPS) is 24.2. The lowest BCUT2D eigenvalue weighted by molar-refractivity contribution is 0.174. The van der Waals surface area contributed by atoms with E-state index in [1.165, 1.54) is 24.0 Å². The van der Waals surface area contributed by atoms with Crippen LogP contribution in [0.4, 0.5) is 0 Å². The number of terminal acetylenes is 1. The van der Waals surface area contributed by atoms with E-state index in [2.05, 4.69) is 26.7 Å². The van der Waals surface area contributed by atoms with Crippen LogP contribution in [0, 0.1) is 17.8 Å². The van der Waals surface area contributed by atoms with Crippen molar-refractivity contribution in [3.05, 3.63) is 23.3 Å². The van der Waals surface area contributed by atoms with Crippen molar-refractivity contribution in [1.82, 2.24) is 0 Å². The fraction of sp³-hybridized carbons (Fsp3) is 0.600. The number of rotatable bonds is 2. The fourth-order valence-corrected chi connectivity index (χ4v) is 2.05. The van der Waals surface area contributed by atoms with Gasteiger partial charge >= 0.3 is 0 Å². The lowest BCUT2D eigenvalue weighted by atomic mass is 9.73. The quantitative estimate of drug-likeness (QED) is 0.704. The summed E-state index contributed by atoms with van der Waals surface area (Å²) in [7, 11) is 0. The summed E-state index contributed by atoms with van der Waals surface area (Å²) in [5, 5.41) is 9.72. The molecule has 1 rings (SSSR count). The third-order valence-corrected chi connectivity index (χ3v) is 3.65. The van der Waals surface area contributed by atoms with E-state index in [4.69, 9.17) is 6.42 Å². The highest BCUT2D eigenvalue weighted by atomic mass is 16.3. The molecule has 0 aliphatic heterocycles. The molecule has 1 atom stereocenters. The molecule has 0 bridgehead atoms. The average molecular weight is 218 g/mol. The molecule has 0 saturated heterocycles. The van der Waals surface area contributed by atoms with Gasteiger partial charge in [0.25, 0.3) is 0 Å². The SMILES string of the molecule is C#CC(C)(O)C=CC1=C(C)C(C)(C)CCC1. The molecule has 0 saturated carbocycles. The molecule has 88 valence electrons. The number of allylic oxidation sites excluding steroid dienone is 3. The summed E-state index contributed by atoms with van der Waals surface area (Å²) in [6, 6.07) is 0. The molecule has 0 spiro atoms. The van der Waals surface area contributed by atoms with Crippen molar-refractivity contribution in [1.29, 1.82) is 0 Å². The highest BCUT2D eigenvalue weighted by Crippen LogP contribution is 2.40. The zero-order valence-electron chi connectivity index (χ0n) is 10.8. The Hall–Kier alpha value is -1.00. The lowest BCUT2D eigenvalue weighted by Crippen LogP contribution is -2.20. The number of aliphatic hydroxyl groups is 1. The molecule has 0 fully saturated rings. The maximum atomic E-state index is 9.72. The molecule has 1 nitrogen and oxygen atoms in total. The van der Waals surface area contributed by atoms with Crippen molar-refractivity contribution in [3.8, 4) is 12.3 Å². The van der Waals surface area contributed by atoms with Crippen molar-refractivity contribution >= 4 is 0 Å². The maximum Gasteiger partial charge on any atom is 0.141 e. The molecule has 0 amide bonds. The van der Waals surface area contributed by atoms with Gasteiger partial charge in [-0.05, 0) is 50.2 Å². The second-order valence-corrected chi connectivity index (χ2v) is 5.51. The molecule has 0 aromatic heterocycles. The number of hydrogen-bond acceptors (Lipinski definition) is 1. The Morgan fingerprint density at radius 3 is 2.69 bits per heavy atom. The third kappa shape index (κ3) is 3.00. The second kappa shape index (κ2) is 4.47. The predicted octanol–water partition coefficient (Wildman–Crippen LogP) is 3.45. The van der Waals surface area contributed by atoms with Gasteiger partial charge in [-0.3, -0.25) is 0 Å². The Balaban J connectivity index is 2.94. The van der Waals surface area contributed by atoms with Crippen molar-refractivity contribution in [2.45, 2.75) is 52.6 Å².